The summed E-state index contributed by atoms with van der Waals surface area (Å²) in [6, 6.07) is 3.63. The smallest absolute Gasteiger partial charge is 0.141 e. The molecule has 1 aromatic carbocycles. The molecule has 10 heavy (non-hydrogen) atoms. The standard InChI is InChI=1S/C6H5F2NS/c7-4-2-1-3-5(8)6(4)10-9/h1-3H,9H2. The van der Waals surface area contributed by atoms with Gasteiger partial charge in [-0.15, -0.1) is 0 Å². The van der Waals surface area contributed by atoms with Crippen molar-refractivity contribution >= 4 is 11.9 Å². The van der Waals surface area contributed by atoms with E-state index < -0.39 is 11.6 Å². The summed E-state index contributed by atoms with van der Waals surface area (Å²) >= 11 is 0.572. The quantitative estimate of drug-likeness (QED) is 0.637. The predicted octanol–water partition coefficient (Wildman–Crippen LogP) is 1.93. The molecule has 4 heteroatoms. The molecule has 0 aliphatic carbocycles. The predicted molar refractivity (Wildman–Crippen MR) is 36.4 cm³/mol. The fourth-order valence-corrected chi connectivity index (χ4v) is 0.956. The summed E-state index contributed by atoms with van der Waals surface area (Å²) in [6.07, 6.45) is 0. The zero-order valence-corrected chi connectivity index (χ0v) is 5.79. The van der Waals surface area contributed by atoms with Crippen molar-refractivity contribution in [1.29, 1.82) is 0 Å². The van der Waals surface area contributed by atoms with E-state index >= 15 is 0 Å². The maximum absolute atomic E-state index is 12.5. The first-order valence-corrected chi connectivity index (χ1v) is 3.44. The summed E-state index contributed by atoms with van der Waals surface area (Å²) in [5.74, 6) is -1.24. The van der Waals surface area contributed by atoms with Crippen LogP contribution in [0.5, 0.6) is 0 Å². The highest BCUT2D eigenvalue weighted by atomic mass is 32.2. The van der Waals surface area contributed by atoms with Crippen molar-refractivity contribution in [2.24, 2.45) is 5.14 Å². The highest BCUT2D eigenvalue weighted by Gasteiger charge is 2.05. The van der Waals surface area contributed by atoms with E-state index in [9.17, 15) is 8.78 Å². The molecule has 0 spiro atoms. The first kappa shape index (κ1) is 7.50. The van der Waals surface area contributed by atoms with Crippen LogP contribution in [0.3, 0.4) is 0 Å². The lowest BCUT2D eigenvalue weighted by atomic mass is 10.3. The third-order valence-corrected chi connectivity index (χ3v) is 1.66. The summed E-state index contributed by atoms with van der Waals surface area (Å²) < 4.78 is 25.0. The Morgan fingerprint density at radius 1 is 1.20 bits per heavy atom. The molecule has 54 valence electrons. The Hall–Kier alpha value is -0.610. The van der Waals surface area contributed by atoms with Crippen molar-refractivity contribution in [3.63, 3.8) is 0 Å². The normalized spacial score (nSPS) is 9.90. The van der Waals surface area contributed by atoms with Gasteiger partial charge >= 0.3 is 0 Å². The van der Waals surface area contributed by atoms with Crippen LogP contribution in [0.15, 0.2) is 23.1 Å². The van der Waals surface area contributed by atoms with Gasteiger partial charge in [-0.1, -0.05) is 6.07 Å². The van der Waals surface area contributed by atoms with Crippen LogP contribution in [0.2, 0.25) is 0 Å². The molecule has 0 radical (unpaired) electrons. The summed E-state index contributed by atoms with van der Waals surface area (Å²) in [7, 11) is 0. The van der Waals surface area contributed by atoms with E-state index in [0.29, 0.717) is 11.9 Å². The average molecular weight is 161 g/mol. The molecule has 1 rings (SSSR count). The van der Waals surface area contributed by atoms with Gasteiger partial charge in [0, 0.05) is 0 Å². The molecule has 0 atom stereocenters. The zero-order valence-electron chi connectivity index (χ0n) is 4.97. The molecule has 0 amide bonds. The molecular formula is C6H5F2NS. The molecule has 0 aromatic heterocycles. The molecule has 1 aromatic rings. The largest absolute Gasteiger partial charge is 0.273 e. The van der Waals surface area contributed by atoms with Crippen LogP contribution in [-0.2, 0) is 0 Å². The first-order chi connectivity index (χ1) is 4.75. The van der Waals surface area contributed by atoms with E-state index in [1.165, 1.54) is 6.07 Å². The van der Waals surface area contributed by atoms with E-state index in [0.717, 1.165) is 12.1 Å². The zero-order chi connectivity index (χ0) is 7.56. The Morgan fingerprint density at radius 2 is 1.70 bits per heavy atom. The monoisotopic (exact) mass is 161 g/mol. The second-order valence-electron chi connectivity index (χ2n) is 1.67. The molecular weight excluding hydrogens is 156 g/mol. The van der Waals surface area contributed by atoms with E-state index in [1.54, 1.807) is 0 Å². The van der Waals surface area contributed by atoms with Crippen LogP contribution < -0.4 is 5.14 Å². The summed E-state index contributed by atoms with van der Waals surface area (Å²) in [5.41, 5.74) is 0. The summed E-state index contributed by atoms with van der Waals surface area (Å²) in [5, 5.41) is 4.99. The molecule has 0 bridgehead atoms. The highest BCUT2D eigenvalue weighted by Crippen LogP contribution is 2.19. The Morgan fingerprint density at radius 3 is 2.00 bits per heavy atom. The number of halogens is 2. The Bertz CT molecular complexity index is 219. The van der Waals surface area contributed by atoms with Gasteiger partial charge in [-0.2, -0.15) is 0 Å². The molecule has 2 N–H and O–H groups in total. The molecule has 0 aliphatic rings. The highest BCUT2D eigenvalue weighted by molar-refractivity contribution is 7.97. The molecule has 0 aliphatic heterocycles. The number of nitrogens with two attached hydrogens (primary N) is 1. The van der Waals surface area contributed by atoms with Crippen LogP contribution >= 0.6 is 11.9 Å². The first-order valence-electron chi connectivity index (χ1n) is 2.56. The molecule has 0 unspecified atom stereocenters. The van der Waals surface area contributed by atoms with E-state index in [2.05, 4.69) is 0 Å². The van der Waals surface area contributed by atoms with Gasteiger partial charge in [-0.25, -0.2) is 8.78 Å². The molecule has 1 nitrogen and oxygen atoms in total. The van der Waals surface area contributed by atoms with E-state index in [-0.39, 0.29) is 4.90 Å². The van der Waals surface area contributed by atoms with Crippen molar-refractivity contribution < 1.29 is 8.78 Å². The van der Waals surface area contributed by atoms with Gasteiger partial charge < -0.3 is 0 Å². The van der Waals surface area contributed by atoms with Crippen LogP contribution in [0, 0.1) is 11.6 Å². The topological polar surface area (TPSA) is 26.0 Å². The third kappa shape index (κ3) is 1.27. The van der Waals surface area contributed by atoms with Gasteiger partial charge in [0.1, 0.15) is 11.6 Å². The Balaban J connectivity index is 3.17. The maximum atomic E-state index is 12.5. The number of hydrogen-bond donors (Lipinski definition) is 1. The second kappa shape index (κ2) is 2.98. The lowest BCUT2D eigenvalue weighted by Gasteiger charge is -1.97. The number of rotatable bonds is 1. The van der Waals surface area contributed by atoms with Crippen LogP contribution in [0.4, 0.5) is 8.78 Å². The Kier molecular flexibility index (Phi) is 2.24. The second-order valence-corrected chi connectivity index (χ2v) is 2.31. The number of benzene rings is 1. The van der Waals surface area contributed by atoms with E-state index in [1.807, 2.05) is 0 Å². The molecule has 0 fully saturated rings. The minimum absolute atomic E-state index is 0.137. The van der Waals surface area contributed by atoms with Crippen molar-refractivity contribution in [2.75, 3.05) is 0 Å². The lowest BCUT2D eigenvalue weighted by Crippen LogP contribution is -1.89. The van der Waals surface area contributed by atoms with Gasteiger partial charge in [0.15, 0.2) is 0 Å². The fraction of sp³-hybridized carbons (Fsp3) is 0. The van der Waals surface area contributed by atoms with Crippen molar-refractivity contribution in [3.05, 3.63) is 29.8 Å². The maximum Gasteiger partial charge on any atom is 0.141 e. The molecule has 0 saturated carbocycles. The van der Waals surface area contributed by atoms with Crippen molar-refractivity contribution in [2.45, 2.75) is 4.90 Å². The molecule has 0 saturated heterocycles. The molecule has 0 heterocycles. The van der Waals surface area contributed by atoms with Crippen LogP contribution in [0.25, 0.3) is 0 Å². The number of hydrogen-bond acceptors (Lipinski definition) is 2. The van der Waals surface area contributed by atoms with Gasteiger partial charge in [-0.05, 0) is 24.1 Å². The minimum Gasteiger partial charge on any atom is -0.273 e. The SMILES string of the molecule is NSc1c(F)cccc1F. The lowest BCUT2D eigenvalue weighted by molar-refractivity contribution is 0.541. The van der Waals surface area contributed by atoms with Gasteiger partial charge in [0.25, 0.3) is 0 Å². The third-order valence-electron chi connectivity index (χ3n) is 1.04. The van der Waals surface area contributed by atoms with Gasteiger partial charge in [0.05, 0.1) is 4.90 Å². The van der Waals surface area contributed by atoms with Crippen molar-refractivity contribution in [3.8, 4) is 0 Å². The van der Waals surface area contributed by atoms with Crippen molar-refractivity contribution in [1.82, 2.24) is 0 Å². The van der Waals surface area contributed by atoms with Crippen LogP contribution in [-0.4, -0.2) is 0 Å². The Labute approximate surface area is 61.4 Å². The van der Waals surface area contributed by atoms with Gasteiger partial charge in [-0.3, -0.25) is 5.14 Å². The summed E-state index contributed by atoms with van der Waals surface area (Å²) in [4.78, 5) is -0.137. The summed E-state index contributed by atoms with van der Waals surface area (Å²) in [6.45, 7) is 0. The average Bonchev–Trinajstić information content (AvgIpc) is 1.88. The van der Waals surface area contributed by atoms with Gasteiger partial charge in [0.2, 0.25) is 0 Å². The minimum atomic E-state index is -0.618. The van der Waals surface area contributed by atoms with E-state index in [4.69, 9.17) is 5.14 Å². The van der Waals surface area contributed by atoms with Crippen LogP contribution in [0.1, 0.15) is 0 Å². The fourth-order valence-electron chi connectivity index (χ4n) is 0.595.